The molecule has 1 aliphatic heterocycles. The molecule has 0 radical (unpaired) electrons. The van der Waals surface area contributed by atoms with Crippen molar-refractivity contribution >= 4 is 21.4 Å². The molecule has 0 aromatic heterocycles. The molecule has 150 valence electrons. The lowest BCUT2D eigenvalue weighted by molar-refractivity contribution is -0.385. The molecule has 0 aliphatic carbocycles. The SMILES string of the molecule is Cc1ccc([N+](=O)[O-])cc1S(=O)(=O)NCCc1ccc(N2CCCCC2)cc1. The molecule has 0 spiro atoms. The van der Waals surface area contributed by atoms with Crippen LogP contribution in [0.4, 0.5) is 11.4 Å². The molecule has 0 atom stereocenters. The van der Waals surface area contributed by atoms with Crippen LogP contribution in [-0.4, -0.2) is 33.0 Å². The lowest BCUT2D eigenvalue weighted by atomic mass is 10.1. The van der Waals surface area contributed by atoms with Crippen LogP contribution < -0.4 is 9.62 Å². The van der Waals surface area contributed by atoms with Crippen molar-refractivity contribution in [2.45, 2.75) is 37.5 Å². The second-order valence-electron chi connectivity index (χ2n) is 7.07. The van der Waals surface area contributed by atoms with Crippen LogP contribution in [0.2, 0.25) is 0 Å². The van der Waals surface area contributed by atoms with E-state index in [1.807, 2.05) is 12.1 Å². The first-order valence-electron chi connectivity index (χ1n) is 9.45. The van der Waals surface area contributed by atoms with Crippen LogP contribution in [-0.2, 0) is 16.4 Å². The minimum absolute atomic E-state index is 0.0536. The van der Waals surface area contributed by atoms with Gasteiger partial charge in [0.15, 0.2) is 0 Å². The summed E-state index contributed by atoms with van der Waals surface area (Å²) in [6.07, 6.45) is 4.29. The van der Waals surface area contributed by atoms with Crippen molar-refractivity contribution in [2.24, 2.45) is 0 Å². The molecule has 3 rings (SSSR count). The maximum atomic E-state index is 12.5. The van der Waals surface area contributed by atoms with Gasteiger partial charge in [0.05, 0.1) is 9.82 Å². The van der Waals surface area contributed by atoms with Crippen molar-refractivity contribution in [3.63, 3.8) is 0 Å². The van der Waals surface area contributed by atoms with Crippen LogP contribution in [0.25, 0.3) is 0 Å². The molecule has 8 heteroatoms. The Bertz CT molecular complexity index is 936. The molecular weight excluding hydrogens is 378 g/mol. The minimum Gasteiger partial charge on any atom is -0.372 e. The molecule has 0 unspecified atom stereocenters. The van der Waals surface area contributed by atoms with Gasteiger partial charge >= 0.3 is 0 Å². The zero-order chi connectivity index (χ0) is 20.1. The molecule has 2 aromatic carbocycles. The van der Waals surface area contributed by atoms with E-state index in [9.17, 15) is 18.5 Å². The number of sulfonamides is 1. The van der Waals surface area contributed by atoms with Crippen LogP contribution in [0.3, 0.4) is 0 Å². The van der Waals surface area contributed by atoms with E-state index in [2.05, 4.69) is 21.8 Å². The van der Waals surface area contributed by atoms with E-state index in [1.54, 1.807) is 6.92 Å². The van der Waals surface area contributed by atoms with E-state index in [0.29, 0.717) is 12.0 Å². The summed E-state index contributed by atoms with van der Waals surface area (Å²) in [6.45, 7) is 4.02. The van der Waals surface area contributed by atoms with Crippen LogP contribution in [0.15, 0.2) is 47.4 Å². The van der Waals surface area contributed by atoms with E-state index in [1.165, 1.54) is 37.1 Å². The number of nitro benzene ring substituents is 1. The van der Waals surface area contributed by atoms with Crippen molar-refractivity contribution in [1.29, 1.82) is 0 Å². The van der Waals surface area contributed by atoms with Crippen molar-refractivity contribution in [1.82, 2.24) is 4.72 Å². The Labute approximate surface area is 165 Å². The molecule has 1 saturated heterocycles. The second kappa shape index (κ2) is 8.70. The smallest absolute Gasteiger partial charge is 0.270 e. The fourth-order valence-corrected chi connectivity index (χ4v) is 4.72. The molecule has 0 saturated carbocycles. The molecule has 1 aliphatic rings. The van der Waals surface area contributed by atoms with Gasteiger partial charge in [-0.15, -0.1) is 0 Å². The quantitative estimate of drug-likeness (QED) is 0.565. The van der Waals surface area contributed by atoms with Gasteiger partial charge in [0.1, 0.15) is 0 Å². The number of nitro groups is 1. The highest BCUT2D eigenvalue weighted by atomic mass is 32.2. The zero-order valence-electron chi connectivity index (χ0n) is 15.9. The summed E-state index contributed by atoms with van der Waals surface area (Å²) in [5, 5.41) is 10.9. The number of aryl methyl sites for hydroxylation is 1. The van der Waals surface area contributed by atoms with E-state index in [0.717, 1.165) is 24.7 Å². The van der Waals surface area contributed by atoms with Gasteiger partial charge in [-0.1, -0.05) is 18.2 Å². The van der Waals surface area contributed by atoms with Gasteiger partial charge in [-0.3, -0.25) is 10.1 Å². The van der Waals surface area contributed by atoms with E-state index < -0.39 is 14.9 Å². The Hall–Kier alpha value is -2.45. The number of benzene rings is 2. The first-order valence-corrected chi connectivity index (χ1v) is 10.9. The predicted octanol–water partition coefficient (Wildman–Crippen LogP) is 3.41. The number of hydrogen-bond donors (Lipinski definition) is 1. The number of piperidine rings is 1. The normalized spacial score (nSPS) is 14.8. The van der Waals surface area contributed by atoms with Crippen molar-refractivity contribution in [3.8, 4) is 0 Å². The van der Waals surface area contributed by atoms with Gasteiger partial charge in [0.25, 0.3) is 5.69 Å². The number of anilines is 1. The highest BCUT2D eigenvalue weighted by Crippen LogP contribution is 2.22. The Balaban J connectivity index is 1.61. The first kappa shape index (κ1) is 20.3. The summed E-state index contributed by atoms with van der Waals surface area (Å²) in [7, 11) is -3.81. The predicted molar refractivity (Wildman–Crippen MR) is 109 cm³/mol. The Kier molecular flexibility index (Phi) is 6.31. The minimum atomic E-state index is -3.81. The summed E-state index contributed by atoms with van der Waals surface area (Å²) in [5.41, 5.74) is 2.48. The Morgan fingerprint density at radius 3 is 2.39 bits per heavy atom. The second-order valence-corrected chi connectivity index (χ2v) is 8.80. The highest BCUT2D eigenvalue weighted by molar-refractivity contribution is 7.89. The molecule has 1 N–H and O–H groups in total. The average Bonchev–Trinajstić information content (AvgIpc) is 2.69. The third kappa shape index (κ3) is 4.88. The summed E-state index contributed by atoms with van der Waals surface area (Å²) >= 11 is 0. The van der Waals surface area contributed by atoms with Crippen LogP contribution in [0, 0.1) is 17.0 Å². The fraction of sp³-hybridized carbons (Fsp3) is 0.400. The summed E-state index contributed by atoms with van der Waals surface area (Å²) in [5.74, 6) is 0. The van der Waals surface area contributed by atoms with Gasteiger partial charge < -0.3 is 4.90 Å². The number of hydrogen-bond acceptors (Lipinski definition) is 5. The van der Waals surface area contributed by atoms with Crippen molar-refractivity contribution in [3.05, 3.63) is 63.7 Å². The summed E-state index contributed by atoms with van der Waals surface area (Å²) in [6, 6.07) is 12.1. The lowest BCUT2D eigenvalue weighted by Gasteiger charge is -2.28. The maximum Gasteiger partial charge on any atom is 0.270 e. The lowest BCUT2D eigenvalue weighted by Crippen LogP contribution is -2.29. The maximum absolute atomic E-state index is 12.5. The number of nitrogens with zero attached hydrogens (tertiary/aromatic N) is 2. The Morgan fingerprint density at radius 2 is 1.75 bits per heavy atom. The fourth-order valence-electron chi connectivity index (χ4n) is 3.42. The van der Waals surface area contributed by atoms with Gasteiger partial charge in [-0.05, 0) is 55.9 Å². The molecular formula is C20H25N3O4S. The molecule has 2 aromatic rings. The standard InChI is InChI=1S/C20H25N3O4S/c1-16-5-8-19(23(24)25)15-20(16)28(26,27)21-12-11-17-6-9-18(10-7-17)22-13-3-2-4-14-22/h5-10,15,21H,2-4,11-14H2,1H3. The topological polar surface area (TPSA) is 92.5 Å². The molecule has 7 nitrogen and oxygen atoms in total. The van der Waals surface area contributed by atoms with Crippen LogP contribution in [0.5, 0.6) is 0 Å². The van der Waals surface area contributed by atoms with Crippen molar-refractivity contribution < 1.29 is 13.3 Å². The van der Waals surface area contributed by atoms with Crippen LogP contribution in [0.1, 0.15) is 30.4 Å². The summed E-state index contributed by atoms with van der Waals surface area (Å²) < 4.78 is 27.6. The molecule has 1 fully saturated rings. The first-order chi connectivity index (χ1) is 13.4. The van der Waals surface area contributed by atoms with E-state index in [-0.39, 0.29) is 17.1 Å². The van der Waals surface area contributed by atoms with Gasteiger partial charge in [0, 0.05) is 37.5 Å². The zero-order valence-corrected chi connectivity index (χ0v) is 16.7. The monoisotopic (exact) mass is 403 g/mol. The largest absolute Gasteiger partial charge is 0.372 e. The van der Waals surface area contributed by atoms with Crippen molar-refractivity contribution in [2.75, 3.05) is 24.5 Å². The molecule has 0 amide bonds. The number of nitrogens with one attached hydrogen (secondary N) is 1. The van der Waals surface area contributed by atoms with Crippen LogP contribution >= 0.6 is 0 Å². The molecule has 1 heterocycles. The molecule has 0 bridgehead atoms. The van der Waals surface area contributed by atoms with E-state index >= 15 is 0 Å². The number of non-ortho nitro benzene ring substituents is 1. The van der Waals surface area contributed by atoms with Gasteiger partial charge in [-0.2, -0.15) is 0 Å². The average molecular weight is 404 g/mol. The third-order valence-electron chi connectivity index (χ3n) is 5.04. The van der Waals surface area contributed by atoms with E-state index in [4.69, 9.17) is 0 Å². The molecule has 28 heavy (non-hydrogen) atoms. The summed E-state index contributed by atoms with van der Waals surface area (Å²) in [4.78, 5) is 12.6. The Morgan fingerprint density at radius 1 is 1.07 bits per heavy atom. The van der Waals surface area contributed by atoms with Gasteiger partial charge in [-0.25, -0.2) is 13.1 Å². The van der Waals surface area contributed by atoms with Gasteiger partial charge in [0.2, 0.25) is 10.0 Å². The third-order valence-corrected chi connectivity index (χ3v) is 6.64. The number of rotatable bonds is 7. The highest BCUT2D eigenvalue weighted by Gasteiger charge is 2.20.